The van der Waals surface area contributed by atoms with E-state index in [4.69, 9.17) is 9.16 Å². The van der Waals surface area contributed by atoms with Crippen LogP contribution in [0.15, 0.2) is 60.7 Å². The Bertz CT molecular complexity index is 958. The largest absolute Gasteiger partial charge is 0.469 e. The van der Waals surface area contributed by atoms with Gasteiger partial charge in [0, 0.05) is 18.9 Å². The summed E-state index contributed by atoms with van der Waals surface area (Å²) in [5, 5.41) is 2.47. The van der Waals surface area contributed by atoms with Crippen molar-refractivity contribution in [3.05, 3.63) is 60.7 Å². The molecule has 0 heterocycles. The van der Waals surface area contributed by atoms with E-state index in [1.807, 2.05) is 0 Å². The van der Waals surface area contributed by atoms with Crippen molar-refractivity contribution in [3.63, 3.8) is 0 Å². The molecule has 5 rings (SSSR count). The van der Waals surface area contributed by atoms with Gasteiger partial charge in [-0.15, -0.1) is 0 Å². The van der Waals surface area contributed by atoms with Crippen LogP contribution in [0.4, 0.5) is 0 Å². The smallest absolute Gasteiger partial charge is 0.309 e. The van der Waals surface area contributed by atoms with E-state index in [9.17, 15) is 9.59 Å². The Morgan fingerprint density at radius 2 is 1.62 bits per heavy atom. The summed E-state index contributed by atoms with van der Waals surface area (Å²) in [6, 6.07) is 21.3. The molecular weight excluding hydrogens is 440 g/mol. The molecule has 3 saturated carbocycles. The van der Waals surface area contributed by atoms with Crippen molar-refractivity contribution in [3.8, 4) is 0 Å². The quantitative estimate of drug-likeness (QED) is 0.308. The molecule has 5 heteroatoms. The summed E-state index contributed by atoms with van der Waals surface area (Å²) in [4.78, 5) is 25.2. The highest BCUT2D eigenvalue weighted by Crippen LogP contribution is 2.55. The van der Waals surface area contributed by atoms with Gasteiger partial charge in [-0.1, -0.05) is 81.4 Å². The molecule has 3 unspecified atom stereocenters. The standard InChI is InChI=1S/C29H38O4Si/c1-28(2,3)34(23-12-7-5-8-13-23,24-14-9-6-10-15-24)33-19-11-17-29-18-16-22(26(30)21-29)20-25(29)27(31)32-4/h5-10,12-15,22,25H,11,16-21H2,1-4H3. The molecule has 182 valence electrons. The predicted molar refractivity (Wildman–Crippen MR) is 138 cm³/mol. The molecule has 0 aromatic heterocycles. The third kappa shape index (κ3) is 4.40. The van der Waals surface area contributed by atoms with Crippen LogP contribution in [0.3, 0.4) is 0 Å². The number of hydrogen-bond acceptors (Lipinski definition) is 4. The molecule has 3 fully saturated rings. The molecule has 0 N–H and O–H groups in total. The summed E-state index contributed by atoms with van der Waals surface area (Å²) >= 11 is 0. The first-order valence-electron chi connectivity index (χ1n) is 12.6. The number of ketones is 1. The zero-order chi connectivity index (χ0) is 24.4. The minimum absolute atomic E-state index is 0.0410. The lowest BCUT2D eigenvalue weighted by atomic mass is 9.53. The van der Waals surface area contributed by atoms with E-state index < -0.39 is 8.32 Å². The summed E-state index contributed by atoms with van der Waals surface area (Å²) < 4.78 is 12.2. The lowest BCUT2D eigenvalue weighted by Gasteiger charge is -2.50. The molecule has 3 aliphatic rings. The van der Waals surface area contributed by atoms with Crippen LogP contribution in [0.1, 0.15) is 59.3 Å². The lowest BCUT2D eigenvalue weighted by molar-refractivity contribution is -0.162. The average molecular weight is 479 g/mol. The number of rotatable bonds is 8. The molecule has 0 aliphatic heterocycles. The van der Waals surface area contributed by atoms with E-state index in [0.29, 0.717) is 25.2 Å². The topological polar surface area (TPSA) is 52.6 Å². The van der Waals surface area contributed by atoms with Gasteiger partial charge in [-0.05, 0) is 52.9 Å². The van der Waals surface area contributed by atoms with Gasteiger partial charge in [-0.3, -0.25) is 9.59 Å². The summed E-state index contributed by atoms with van der Waals surface area (Å²) in [6.45, 7) is 7.46. The molecule has 34 heavy (non-hydrogen) atoms. The zero-order valence-corrected chi connectivity index (χ0v) is 22.0. The van der Waals surface area contributed by atoms with Crippen molar-refractivity contribution in [2.75, 3.05) is 13.7 Å². The zero-order valence-electron chi connectivity index (χ0n) is 21.0. The second-order valence-corrected chi connectivity index (χ2v) is 15.5. The van der Waals surface area contributed by atoms with Gasteiger partial charge in [-0.2, -0.15) is 0 Å². The Morgan fingerprint density at radius 3 is 2.12 bits per heavy atom. The van der Waals surface area contributed by atoms with E-state index in [0.717, 1.165) is 25.7 Å². The fraction of sp³-hybridized carbons (Fsp3) is 0.517. The summed E-state index contributed by atoms with van der Waals surface area (Å²) in [6.07, 6.45) is 4.65. The number of carbonyl (C=O) groups is 2. The molecule has 3 atom stereocenters. The van der Waals surface area contributed by atoms with Gasteiger partial charge in [0.1, 0.15) is 5.78 Å². The van der Waals surface area contributed by atoms with E-state index >= 15 is 0 Å². The third-order valence-electron chi connectivity index (χ3n) is 8.27. The van der Waals surface area contributed by atoms with Crippen LogP contribution in [0, 0.1) is 17.3 Å². The van der Waals surface area contributed by atoms with Crippen LogP contribution in [0.25, 0.3) is 0 Å². The molecule has 4 nitrogen and oxygen atoms in total. The van der Waals surface area contributed by atoms with E-state index in [-0.39, 0.29) is 28.3 Å². The van der Waals surface area contributed by atoms with E-state index in [1.54, 1.807) is 0 Å². The number of carbonyl (C=O) groups excluding carboxylic acids is 2. The molecule has 2 bridgehead atoms. The highest BCUT2D eigenvalue weighted by atomic mass is 28.4. The maximum Gasteiger partial charge on any atom is 0.309 e. The Kier molecular flexibility index (Phi) is 7.16. The van der Waals surface area contributed by atoms with Crippen molar-refractivity contribution in [1.29, 1.82) is 0 Å². The molecule has 3 aliphatic carbocycles. The molecular formula is C29H38O4Si. The Balaban J connectivity index is 1.58. The van der Waals surface area contributed by atoms with Crippen molar-refractivity contribution < 1.29 is 18.8 Å². The van der Waals surface area contributed by atoms with Crippen molar-refractivity contribution in [1.82, 2.24) is 0 Å². The monoisotopic (exact) mass is 478 g/mol. The minimum Gasteiger partial charge on any atom is -0.469 e. The Labute approximate surface area is 205 Å². The van der Waals surface area contributed by atoms with Crippen LogP contribution < -0.4 is 10.4 Å². The molecule has 0 spiro atoms. The van der Waals surface area contributed by atoms with Crippen LogP contribution >= 0.6 is 0 Å². The van der Waals surface area contributed by atoms with Crippen LogP contribution in [0.5, 0.6) is 0 Å². The Hall–Kier alpha value is -2.24. The number of methoxy groups -OCH3 is 1. The van der Waals surface area contributed by atoms with Gasteiger partial charge in [0.25, 0.3) is 8.32 Å². The highest BCUT2D eigenvalue weighted by molar-refractivity contribution is 6.99. The van der Waals surface area contributed by atoms with Crippen molar-refractivity contribution in [2.45, 2.75) is 64.3 Å². The lowest BCUT2D eigenvalue weighted by Crippen LogP contribution is -2.66. The van der Waals surface area contributed by atoms with Gasteiger partial charge in [0.15, 0.2) is 0 Å². The van der Waals surface area contributed by atoms with Crippen LogP contribution in [-0.4, -0.2) is 33.8 Å². The maximum atomic E-state index is 12.6. The Morgan fingerprint density at radius 1 is 1.03 bits per heavy atom. The van der Waals surface area contributed by atoms with Gasteiger partial charge < -0.3 is 9.16 Å². The number of Topliss-reactive ketones (excluding diaryl/α,β-unsaturated/α-hetero) is 1. The van der Waals surface area contributed by atoms with Crippen LogP contribution in [-0.2, 0) is 18.8 Å². The third-order valence-corrected chi connectivity index (χ3v) is 13.3. The molecule has 0 amide bonds. The highest BCUT2D eigenvalue weighted by Gasteiger charge is 2.55. The number of fused-ring (bicyclic) bond motifs is 3. The molecule has 2 aromatic rings. The summed E-state index contributed by atoms with van der Waals surface area (Å²) in [7, 11) is -1.11. The summed E-state index contributed by atoms with van der Waals surface area (Å²) in [5.74, 6) is 0.0607. The fourth-order valence-corrected chi connectivity index (χ4v) is 11.2. The number of benzene rings is 2. The first-order valence-corrected chi connectivity index (χ1v) is 14.5. The second-order valence-electron chi connectivity index (χ2n) is 11.2. The molecule has 0 saturated heterocycles. The van der Waals surface area contributed by atoms with Gasteiger partial charge in [0.05, 0.1) is 13.0 Å². The average Bonchev–Trinajstić information content (AvgIpc) is 2.84. The SMILES string of the molecule is COC(=O)C1CC2CCC1(CCCO[Si](c1ccccc1)(c1ccccc1)C(C)(C)C)CC2=O. The maximum absolute atomic E-state index is 12.6. The van der Waals surface area contributed by atoms with E-state index in [1.165, 1.54) is 17.5 Å². The predicted octanol–water partition coefficient (Wildman–Crippen LogP) is 4.89. The first kappa shape index (κ1) is 24.9. The van der Waals surface area contributed by atoms with Gasteiger partial charge in [-0.25, -0.2) is 0 Å². The normalized spacial score (nSPS) is 24.8. The van der Waals surface area contributed by atoms with Crippen molar-refractivity contribution >= 4 is 30.4 Å². The fourth-order valence-electron chi connectivity index (χ4n) is 6.57. The van der Waals surface area contributed by atoms with Crippen LogP contribution in [0.2, 0.25) is 5.04 Å². The number of ether oxygens (including phenoxy) is 1. The number of hydrogen-bond donors (Lipinski definition) is 0. The van der Waals surface area contributed by atoms with Crippen molar-refractivity contribution in [2.24, 2.45) is 17.3 Å². The first-order chi connectivity index (χ1) is 16.2. The number of esters is 1. The molecule has 2 aromatic carbocycles. The van der Waals surface area contributed by atoms with Gasteiger partial charge in [0.2, 0.25) is 0 Å². The van der Waals surface area contributed by atoms with E-state index in [2.05, 4.69) is 81.4 Å². The second kappa shape index (κ2) is 9.78. The minimum atomic E-state index is -2.58. The summed E-state index contributed by atoms with van der Waals surface area (Å²) in [5.41, 5.74) is -0.270. The van der Waals surface area contributed by atoms with Gasteiger partial charge >= 0.3 is 5.97 Å². The molecule has 0 radical (unpaired) electrons.